The van der Waals surface area contributed by atoms with Crippen molar-refractivity contribution in [3.8, 4) is 0 Å². The molecule has 9 heteroatoms. The zero-order chi connectivity index (χ0) is 22.9. The summed E-state index contributed by atoms with van der Waals surface area (Å²) in [7, 11) is 0. The van der Waals surface area contributed by atoms with Crippen molar-refractivity contribution in [3.05, 3.63) is 95.0 Å². The molecule has 1 aliphatic heterocycles. The minimum Gasteiger partial charge on any atom is -0.399 e. The van der Waals surface area contributed by atoms with E-state index in [1.54, 1.807) is 72.8 Å². The highest BCUT2D eigenvalue weighted by molar-refractivity contribution is 6.33. The molecule has 0 fully saturated rings. The Bertz CT molecular complexity index is 1180. The molecule has 164 valence electrons. The molecule has 1 heterocycles. The van der Waals surface area contributed by atoms with Crippen molar-refractivity contribution >= 4 is 40.3 Å². The second-order valence-corrected chi connectivity index (χ2v) is 7.55. The Morgan fingerprint density at radius 3 is 2.41 bits per heavy atom. The molecule has 0 aromatic heterocycles. The van der Waals surface area contributed by atoms with Gasteiger partial charge in [0, 0.05) is 16.9 Å². The zero-order valence-electron chi connectivity index (χ0n) is 16.5. The Morgan fingerprint density at radius 1 is 1.03 bits per heavy atom. The fraction of sp³-hybridized carbons (Fsp3) is 0.0870. The lowest BCUT2D eigenvalue weighted by atomic mass is 10.1. The van der Waals surface area contributed by atoms with Crippen LogP contribution in [0.2, 0.25) is 5.02 Å². The number of para-hydroxylation sites is 1. The van der Waals surface area contributed by atoms with Gasteiger partial charge in [0.05, 0.1) is 16.4 Å². The molecule has 0 saturated heterocycles. The number of nitrogen functional groups attached to an aromatic ring is 1. The molecule has 0 aliphatic carbocycles. The van der Waals surface area contributed by atoms with Gasteiger partial charge < -0.3 is 11.1 Å². The molecule has 1 aliphatic rings. The molecule has 5 nitrogen and oxygen atoms in total. The average molecular weight is 459 g/mol. The summed E-state index contributed by atoms with van der Waals surface area (Å²) in [4.78, 5) is 12.5. The van der Waals surface area contributed by atoms with Gasteiger partial charge in [0.1, 0.15) is 6.04 Å². The number of halogens is 4. The number of hydrogen-bond donors (Lipinski definition) is 3. The number of alkyl halides is 3. The van der Waals surface area contributed by atoms with Gasteiger partial charge in [-0.2, -0.15) is 13.2 Å². The third-order valence-corrected chi connectivity index (χ3v) is 5.19. The number of nitrogens with two attached hydrogens (primary N) is 1. The summed E-state index contributed by atoms with van der Waals surface area (Å²) in [5.74, 6) is -0.364. The van der Waals surface area contributed by atoms with Crippen LogP contribution in [0.3, 0.4) is 0 Å². The van der Waals surface area contributed by atoms with Gasteiger partial charge in [0.15, 0.2) is 0 Å². The number of carbonyl (C=O) groups is 1. The predicted molar refractivity (Wildman–Crippen MR) is 120 cm³/mol. The molecule has 4 N–H and O–H groups in total. The summed E-state index contributed by atoms with van der Waals surface area (Å²) in [6, 6.07) is 17.7. The molecule has 0 bridgehead atoms. The number of hydrogen-bond acceptors (Lipinski definition) is 4. The molecule has 0 radical (unpaired) electrons. The van der Waals surface area contributed by atoms with E-state index in [-0.39, 0.29) is 11.6 Å². The van der Waals surface area contributed by atoms with Crippen molar-refractivity contribution in [2.24, 2.45) is 0 Å². The second-order valence-electron chi connectivity index (χ2n) is 7.14. The molecule has 32 heavy (non-hydrogen) atoms. The average Bonchev–Trinajstić information content (AvgIpc) is 3.20. The number of nitrogens with one attached hydrogen (secondary N) is 2. The number of amides is 1. The Labute approximate surface area is 187 Å². The number of carbonyl (C=O) groups excluding carboxylic acids is 1. The van der Waals surface area contributed by atoms with Crippen LogP contribution in [-0.2, 0) is 0 Å². The van der Waals surface area contributed by atoms with Crippen LogP contribution in [0.5, 0.6) is 0 Å². The van der Waals surface area contributed by atoms with Crippen molar-refractivity contribution in [1.29, 1.82) is 0 Å². The maximum absolute atomic E-state index is 13.4. The minimum atomic E-state index is -4.49. The second kappa shape index (κ2) is 8.57. The van der Waals surface area contributed by atoms with Crippen LogP contribution < -0.4 is 21.5 Å². The van der Waals surface area contributed by atoms with E-state index in [4.69, 9.17) is 17.3 Å². The monoisotopic (exact) mass is 458 g/mol. The number of benzene rings is 3. The maximum Gasteiger partial charge on any atom is 0.409 e. The summed E-state index contributed by atoms with van der Waals surface area (Å²) in [6.45, 7) is 0. The number of hydrazine groups is 1. The topological polar surface area (TPSA) is 70.4 Å². The van der Waals surface area contributed by atoms with Crippen molar-refractivity contribution in [1.82, 2.24) is 5.43 Å². The van der Waals surface area contributed by atoms with Gasteiger partial charge in [-0.25, -0.2) is 5.43 Å². The van der Waals surface area contributed by atoms with Gasteiger partial charge >= 0.3 is 6.18 Å². The first kappa shape index (κ1) is 21.7. The minimum absolute atomic E-state index is 0.281. The Balaban J connectivity index is 1.61. The quantitative estimate of drug-likeness (QED) is 0.453. The normalized spacial score (nSPS) is 16.1. The maximum atomic E-state index is 13.4. The van der Waals surface area contributed by atoms with Gasteiger partial charge in [-0.05, 0) is 54.1 Å². The lowest BCUT2D eigenvalue weighted by molar-refractivity contribution is -0.142. The van der Waals surface area contributed by atoms with Crippen LogP contribution >= 0.6 is 11.6 Å². The third kappa shape index (κ3) is 4.56. The lowest BCUT2D eigenvalue weighted by Gasteiger charge is -2.26. The van der Waals surface area contributed by atoms with Crippen LogP contribution in [0, 0.1) is 0 Å². The zero-order valence-corrected chi connectivity index (χ0v) is 17.3. The first-order valence-electron chi connectivity index (χ1n) is 9.59. The highest BCUT2D eigenvalue weighted by Crippen LogP contribution is 2.37. The first-order chi connectivity index (χ1) is 15.2. The molecule has 3 aromatic carbocycles. The molecule has 4 rings (SSSR count). The lowest BCUT2D eigenvalue weighted by Crippen LogP contribution is -2.44. The first-order valence-corrected chi connectivity index (χ1v) is 9.97. The van der Waals surface area contributed by atoms with E-state index in [9.17, 15) is 18.0 Å². The third-order valence-electron chi connectivity index (χ3n) is 4.87. The van der Waals surface area contributed by atoms with Crippen molar-refractivity contribution in [2.75, 3.05) is 16.1 Å². The van der Waals surface area contributed by atoms with E-state index >= 15 is 0 Å². The molecule has 1 unspecified atom stereocenters. The van der Waals surface area contributed by atoms with E-state index < -0.39 is 12.2 Å². The molecular formula is C23H18ClF3N4O. The molecule has 0 saturated carbocycles. The Hall–Kier alpha value is -3.49. The number of anilines is 3. The van der Waals surface area contributed by atoms with Crippen molar-refractivity contribution < 1.29 is 18.0 Å². The van der Waals surface area contributed by atoms with Crippen molar-refractivity contribution in [3.63, 3.8) is 0 Å². The summed E-state index contributed by atoms with van der Waals surface area (Å²) in [5.41, 5.74) is 10.7. The van der Waals surface area contributed by atoms with Crippen LogP contribution in [0.25, 0.3) is 5.70 Å². The molecule has 3 aromatic rings. The number of nitrogens with zero attached hydrogens (tertiary/aromatic N) is 1. The van der Waals surface area contributed by atoms with E-state index in [1.807, 2.05) is 0 Å². The van der Waals surface area contributed by atoms with Gasteiger partial charge in [0.2, 0.25) is 0 Å². The van der Waals surface area contributed by atoms with E-state index in [1.165, 1.54) is 5.01 Å². The Morgan fingerprint density at radius 2 is 1.75 bits per heavy atom. The SMILES string of the molecule is Nc1cccc(NC(=O)c2ccc(C3=CC(C(F)(F)F)NN3c3ccccc3Cl)cc2)c1. The van der Waals surface area contributed by atoms with Crippen LogP contribution in [-0.4, -0.2) is 18.1 Å². The molecule has 0 spiro atoms. The van der Waals surface area contributed by atoms with Crippen LogP contribution in [0.15, 0.2) is 78.9 Å². The van der Waals surface area contributed by atoms with Gasteiger partial charge in [-0.3, -0.25) is 9.80 Å². The van der Waals surface area contributed by atoms with Crippen LogP contribution in [0.1, 0.15) is 15.9 Å². The van der Waals surface area contributed by atoms with E-state index in [0.717, 1.165) is 6.08 Å². The van der Waals surface area contributed by atoms with Crippen LogP contribution in [0.4, 0.5) is 30.2 Å². The molecular weight excluding hydrogens is 441 g/mol. The number of rotatable bonds is 4. The van der Waals surface area contributed by atoms with Gasteiger partial charge in [0.25, 0.3) is 5.91 Å². The standard InChI is InChI=1S/C23H18ClF3N4O/c24-18-6-1-2-7-19(18)31-20(13-21(30-31)23(25,26)27)14-8-10-15(11-9-14)22(32)29-17-5-3-4-16(28)12-17/h1-13,21,30H,28H2,(H,29,32). The van der Waals surface area contributed by atoms with E-state index in [2.05, 4.69) is 10.7 Å². The van der Waals surface area contributed by atoms with E-state index in [0.29, 0.717) is 33.2 Å². The summed E-state index contributed by atoms with van der Waals surface area (Å²) in [6.07, 6.45) is -3.40. The smallest absolute Gasteiger partial charge is 0.399 e. The molecule has 1 amide bonds. The predicted octanol–water partition coefficient (Wildman–Crippen LogP) is 5.47. The summed E-state index contributed by atoms with van der Waals surface area (Å²) < 4.78 is 40.2. The highest BCUT2D eigenvalue weighted by Gasteiger charge is 2.44. The molecule has 1 atom stereocenters. The fourth-order valence-electron chi connectivity index (χ4n) is 3.32. The summed E-state index contributed by atoms with van der Waals surface area (Å²) in [5, 5.41) is 4.34. The fourth-order valence-corrected chi connectivity index (χ4v) is 3.54. The Kier molecular flexibility index (Phi) is 5.82. The van der Waals surface area contributed by atoms with Crippen molar-refractivity contribution in [2.45, 2.75) is 12.2 Å². The highest BCUT2D eigenvalue weighted by atomic mass is 35.5. The van der Waals surface area contributed by atoms with Gasteiger partial charge in [-0.15, -0.1) is 0 Å². The van der Waals surface area contributed by atoms with Gasteiger partial charge in [-0.1, -0.05) is 41.9 Å². The summed E-state index contributed by atoms with van der Waals surface area (Å²) >= 11 is 6.22. The largest absolute Gasteiger partial charge is 0.409 e.